The quantitative estimate of drug-likeness (QED) is 0.335. The molecule has 2 amide bonds. The molecule has 4 atom stereocenters. The molecule has 1 aliphatic heterocycles. The molecule has 0 spiro atoms. The Balaban J connectivity index is 1.86. The van der Waals surface area contributed by atoms with E-state index >= 15 is 0 Å². The van der Waals surface area contributed by atoms with Gasteiger partial charge in [-0.2, -0.15) is 13.2 Å². The van der Waals surface area contributed by atoms with E-state index in [1.165, 1.54) is 44.2 Å². The first-order chi connectivity index (χ1) is 20.9. The Bertz CT molecular complexity index is 1050. The predicted octanol–water partition coefficient (Wildman–Crippen LogP) is 6.28. The number of halogens is 3. The molecule has 0 unspecified atom stereocenters. The fourth-order valence-electron chi connectivity index (χ4n) is 6.13. The summed E-state index contributed by atoms with van der Waals surface area (Å²) in [4.78, 5) is 30.4. The highest BCUT2D eigenvalue weighted by atomic mass is 19.4. The topological polar surface area (TPSA) is 91.3 Å². The molecule has 1 aromatic carbocycles. The molecule has 1 aliphatic carbocycles. The number of nitrogens with one attached hydrogen (secondary N) is 1. The number of ether oxygens (including phenoxy) is 2. The summed E-state index contributed by atoms with van der Waals surface area (Å²) in [7, 11) is 2.13. The molecule has 250 valence electrons. The molecule has 3 rings (SSSR count). The maximum atomic E-state index is 14.2. The minimum Gasteiger partial charge on any atom is -0.490 e. The Labute approximate surface area is 260 Å². The molecule has 11 heteroatoms. The summed E-state index contributed by atoms with van der Waals surface area (Å²) >= 11 is 0. The van der Waals surface area contributed by atoms with E-state index in [0.717, 1.165) is 32.4 Å². The van der Waals surface area contributed by atoms with Crippen molar-refractivity contribution in [2.75, 3.05) is 45.2 Å². The minimum absolute atomic E-state index is 0.0572. The number of anilines is 1. The third kappa shape index (κ3) is 11.9. The van der Waals surface area contributed by atoms with Gasteiger partial charge in [0, 0.05) is 44.3 Å². The molecule has 2 aliphatic rings. The summed E-state index contributed by atoms with van der Waals surface area (Å²) in [5.74, 6) is -0.222. The molecule has 1 heterocycles. The van der Waals surface area contributed by atoms with E-state index in [1.54, 1.807) is 17.9 Å². The van der Waals surface area contributed by atoms with Crippen LogP contribution in [0.25, 0.3) is 0 Å². The maximum Gasteiger partial charge on any atom is 0.389 e. The SMILES string of the molecule is C[C@H]1CCCCO[C@@H](CN(C)CC2CCCCC2)[C@@H](C)CN([C@@H](C)CO)C(=O)c2cc(NC(=O)CCC(F)(F)F)ccc2O1. The van der Waals surface area contributed by atoms with Crippen LogP contribution >= 0.6 is 0 Å². The third-order valence-electron chi connectivity index (χ3n) is 8.76. The van der Waals surface area contributed by atoms with Crippen molar-refractivity contribution in [2.24, 2.45) is 11.8 Å². The molecule has 1 aromatic rings. The van der Waals surface area contributed by atoms with Crippen molar-refractivity contribution in [3.05, 3.63) is 23.8 Å². The second-order valence-corrected chi connectivity index (χ2v) is 12.9. The lowest BCUT2D eigenvalue weighted by Crippen LogP contribution is -2.47. The molecular formula is C33H52F3N3O5. The number of carbonyl (C=O) groups excluding carboxylic acids is 2. The average Bonchev–Trinajstić information content (AvgIpc) is 2.97. The van der Waals surface area contributed by atoms with Gasteiger partial charge < -0.3 is 29.7 Å². The molecule has 1 saturated carbocycles. The predicted molar refractivity (Wildman–Crippen MR) is 165 cm³/mol. The normalized spacial score (nSPS) is 23.9. The Kier molecular flexibility index (Phi) is 14.2. The van der Waals surface area contributed by atoms with Gasteiger partial charge in [-0.15, -0.1) is 0 Å². The van der Waals surface area contributed by atoms with E-state index in [2.05, 4.69) is 24.2 Å². The molecule has 0 bridgehead atoms. The number of aliphatic hydroxyl groups is 1. The first-order valence-corrected chi connectivity index (χ1v) is 16.3. The van der Waals surface area contributed by atoms with Crippen LogP contribution in [-0.4, -0.2) is 91.0 Å². The van der Waals surface area contributed by atoms with Crippen LogP contribution in [0.5, 0.6) is 5.75 Å². The van der Waals surface area contributed by atoms with E-state index in [4.69, 9.17) is 9.47 Å². The molecular weight excluding hydrogens is 575 g/mol. The van der Waals surface area contributed by atoms with Crippen molar-refractivity contribution < 1.29 is 37.3 Å². The van der Waals surface area contributed by atoms with Crippen LogP contribution in [-0.2, 0) is 9.53 Å². The molecule has 2 N–H and O–H groups in total. The zero-order valence-corrected chi connectivity index (χ0v) is 26.8. The number of amides is 2. The Hall–Kier alpha value is -2.37. The molecule has 1 fully saturated rings. The summed E-state index contributed by atoms with van der Waals surface area (Å²) < 4.78 is 50.6. The highest BCUT2D eigenvalue weighted by molar-refractivity contribution is 5.99. The van der Waals surface area contributed by atoms with Gasteiger partial charge in [-0.1, -0.05) is 26.2 Å². The van der Waals surface area contributed by atoms with Crippen LogP contribution in [0.4, 0.5) is 18.9 Å². The Morgan fingerprint density at radius 3 is 2.50 bits per heavy atom. The van der Waals surface area contributed by atoms with Crippen molar-refractivity contribution in [1.82, 2.24) is 9.80 Å². The number of benzene rings is 1. The lowest BCUT2D eigenvalue weighted by atomic mass is 9.89. The van der Waals surface area contributed by atoms with Gasteiger partial charge in [0.1, 0.15) is 5.75 Å². The fraction of sp³-hybridized carbons (Fsp3) is 0.758. The van der Waals surface area contributed by atoms with Crippen LogP contribution in [0, 0.1) is 11.8 Å². The standard InChI is InChI=1S/C33H52F3N3O5/c1-23-19-39(24(2)22-40)32(42)28-18-27(37-31(41)15-16-33(34,35)36)13-14-29(28)44-25(3)10-8-9-17-43-30(23)21-38(4)20-26-11-6-5-7-12-26/h13-14,18,23-26,30,40H,5-12,15-17,19-22H2,1-4H3,(H,37,41)/t23-,24-,25-,30-/m0/s1. The van der Waals surface area contributed by atoms with Crippen LogP contribution < -0.4 is 10.1 Å². The number of nitrogens with zero attached hydrogens (tertiary/aromatic N) is 2. The Morgan fingerprint density at radius 1 is 1.11 bits per heavy atom. The highest BCUT2D eigenvalue weighted by Gasteiger charge is 2.31. The molecule has 8 nitrogen and oxygen atoms in total. The van der Waals surface area contributed by atoms with E-state index in [0.29, 0.717) is 24.8 Å². The number of likely N-dealkylation sites (N-methyl/N-ethyl adjacent to an activating group) is 1. The number of hydrogen-bond donors (Lipinski definition) is 2. The summed E-state index contributed by atoms with van der Waals surface area (Å²) in [6.07, 6.45) is 2.15. The number of hydrogen-bond acceptors (Lipinski definition) is 6. The molecule has 0 saturated heterocycles. The number of alkyl halides is 3. The fourth-order valence-corrected chi connectivity index (χ4v) is 6.13. The second kappa shape index (κ2) is 17.4. The third-order valence-corrected chi connectivity index (χ3v) is 8.76. The molecule has 0 aromatic heterocycles. The van der Waals surface area contributed by atoms with Gasteiger partial charge in [-0.05, 0) is 77.1 Å². The van der Waals surface area contributed by atoms with Crippen LogP contribution in [0.3, 0.4) is 0 Å². The maximum absolute atomic E-state index is 14.2. The van der Waals surface area contributed by atoms with Crippen LogP contribution in [0.2, 0.25) is 0 Å². The first-order valence-electron chi connectivity index (χ1n) is 16.3. The monoisotopic (exact) mass is 627 g/mol. The highest BCUT2D eigenvalue weighted by Crippen LogP contribution is 2.30. The minimum atomic E-state index is -4.45. The van der Waals surface area contributed by atoms with Crippen molar-refractivity contribution in [3.63, 3.8) is 0 Å². The van der Waals surface area contributed by atoms with Gasteiger partial charge in [-0.25, -0.2) is 0 Å². The lowest BCUT2D eigenvalue weighted by molar-refractivity contribution is -0.142. The van der Waals surface area contributed by atoms with E-state index in [1.807, 2.05) is 6.92 Å². The zero-order chi connectivity index (χ0) is 32.3. The van der Waals surface area contributed by atoms with E-state index in [9.17, 15) is 27.9 Å². The lowest BCUT2D eigenvalue weighted by Gasteiger charge is -2.36. The first kappa shape index (κ1) is 36.1. The van der Waals surface area contributed by atoms with Gasteiger partial charge in [0.2, 0.25) is 5.91 Å². The van der Waals surface area contributed by atoms with Crippen LogP contribution in [0.15, 0.2) is 18.2 Å². The number of rotatable bonds is 9. The van der Waals surface area contributed by atoms with Crippen LogP contribution in [0.1, 0.15) is 95.3 Å². The number of aliphatic hydroxyl groups excluding tert-OH is 1. The zero-order valence-electron chi connectivity index (χ0n) is 26.8. The van der Waals surface area contributed by atoms with Gasteiger partial charge in [0.15, 0.2) is 0 Å². The van der Waals surface area contributed by atoms with Gasteiger partial charge in [-0.3, -0.25) is 9.59 Å². The van der Waals surface area contributed by atoms with Gasteiger partial charge in [0.25, 0.3) is 5.91 Å². The molecule has 0 radical (unpaired) electrons. The number of carbonyl (C=O) groups is 2. The summed E-state index contributed by atoms with van der Waals surface area (Å²) in [5.41, 5.74) is 0.388. The summed E-state index contributed by atoms with van der Waals surface area (Å²) in [6, 6.07) is 4.04. The largest absolute Gasteiger partial charge is 0.490 e. The van der Waals surface area contributed by atoms with Crippen molar-refractivity contribution in [3.8, 4) is 5.75 Å². The van der Waals surface area contributed by atoms with Gasteiger partial charge in [0.05, 0.1) is 36.8 Å². The molecule has 44 heavy (non-hydrogen) atoms. The average molecular weight is 628 g/mol. The smallest absolute Gasteiger partial charge is 0.389 e. The second-order valence-electron chi connectivity index (χ2n) is 12.9. The van der Waals surface area contributed by atoms with Gasteiger partial charge >= 0.3 is 6.18 Å². The Morgan fingerprint density at radius 2 is 1.82 bits per heavy atom. The number of fused-ring (bicyclic) bond motifs is 1. The van der Waals surface area contributed by atoms with E-state index < -0.39 is 36.9 Å². The summed E-state index contributed by atoms with van der Waals surface area (Å²) in [6.45, 7) is 8.17. The van der Waals surface area contributed by atoms with Crippen molar-refractivity contribution >= 4 is 17.5 Å². The summed E-state index contributed by atoms with van der Waals surface area (Å²) in [5, 5.41) is 12.6. The van der Waals surface area contributed by atoms with Crippen molar-refractivity contribution in [1.29, 1.82) is 0 Å². The van der Waals surface area contributed by atoms with E-state index in [-0.39, 0.29) is 36.0 Å². The van der Waals surface area contributed by atoms with Crippen molar-refractivity contribution in [2.45, 2.75) is 109 Å².